The van der Waals surface area contributed by atoms with Crippen LogP contribution in [0.2, 0.25) is 0 Å². The van der Waals surface area contributed by atoms with E-state index in [4.69, 9.17) is 18.9 Å². The van der Waals surface area contributed by atoms with Gasteiger partial charge < -0.3 is 23.8 Å². The van der Waals surface area contributed by atoms with Crippen LogP contribution < -0.4 is 14.4 Å². The van der Waals surface area contributed by atoms with Crippen molar-refractivity contribution in [3.8, 4) is 22.6 Å². The summed E-state index contributed by atoms with van der Waals surface area (Å²) in [6.45, 7) is 2.77. The van der Waals surface area contributed by atoms with Crippen LogP contribution in [0.1, 0.15) is 0 Å². The largest absolute Gasteiger partial charge is 0.491 e. The van der Waals surface area contributed by atoms with E-state index < -0.39 is 0 Å². The van der Waals surface area contributed by atoms with Crippen LogP contribution in [0.3, 0.4) is 0 Å². The van der Waals surface area contributed by atoms with Crippen molar-refractivity contribution in [3.05, 3.63) is 103 Å². The zero-order valence-corrected chi connectivity index (χ0v) is 19.4. The minimum absolute atomic E-state index is 0.238. The van der Waals surface area contributed by atoms with Crippen LogP contribution in [0, 0.1) is 0 Å². The first-order valence-corrected chi connectivity index (χ1v) is 12.0. The van der Waals surface area contributed by atoms with E-state index in [9.17, 15) is 0 Å². The molecule has 2 heterocycles. The Morgan fingerprint density at radius 1 is 0.543 bits per heavy atom. The maximum atomic E-state index is 5.84. The van der Waals surface area contributed by atoms with Crippen molar-refractivity contribution in [2.75, 3.05) is 31.3 Å². The van der Waals surface area contributed by atoms with E-state index in [1.54, 1.807) is 0 Å². The molecule has 2 aliphatic rings. The highest BCUT2D eigenvalue weighted by molar-refractivity contribution is 5.78. The van der Waals surface area contributed by atoms with Crippen molar-refractivity contribution in [1.82, 2.24) is 0 Å². The van der Waals surface area contributed by atoms with Crippen LogP contribution in [0.4, 0.5) is 17.1 Å². The van der Waals surface area contributed by atoms with E-state index in [0.717, 1.165) is 41.8 Å². The highest BCUT2D eigenvalue weighted by Gasteiger charge is 2.24. The number of hydrogen-bond donors (Lipinski definition) is 0. The van der Waals surface area contributed by atoms with Gasteiger partial charge in [0.15, 0.2) is 0 Å². The van der Waals surface area contributed by atoms with Crippen molar-refractivity contribution in [2.45, 2.75) is 12.2 Å². The number of epoxide rings is 2. The molecule has 2 saturated heterocycles. The van der Waals surface area contributed by atoms with Crippen LogP contribution in [0.15, 0.2) is 103 Å². The molecule has 35 heavy (non-hydrogen) atoms. The minimum Gasteiger partial charge on any atom is -0.491 e. The molecule has 0 amide bonds. The predicted molar refractivity (Wildman–Crippen MR) is 137 cm³/mol. The first kappa shape index (κ1) is 21.7. The third kappa shape index (κ3) is 5.48. The summed E-state index contributed by atoms with van der Waals surface area (Å²) in [6.07, 6.45) is 0.475. The molecule has 2 fully saturated rings. The number of ether oxygens (including phenoxy) is 4. The van der Waals surface area contributed by atoms with Gasteiger partial charge in [-0.2, -0.15) is 0 Å². The molecule has 5 nitrogen and oxygen atoms in total. The maximum absolute atomic E-state index is 5.84. The molecule has 2 atom stereocenters. The van der Waals surface area contributed by atoms with Crippen molar-refractivity contribution in [3.63, 3.8) is 0 Å². The van der Waals surface area contributed by atoms with Gasteiger partial charge in [-0.3, -0.25) is 0 Å². The van der Waals surface area contributed by atoms with Crippen molar-refractivity contribution < 1.29 is 18.9 Å². The quantitative estimate of drug-likeness (QED) is 0.254. The van der Waals surface area contributed by atoms with Gasteiger partial charge in [-0.05, 0) is 71.8 Å². The Morgan fingerprint density at radius 2 is 0.943 bits per heavy atom. The summed E-state index contributed by atoms with van der Waals surface area (Å²) in [4.78, 5) is 2.23. The lowest BCUT2D eigenvalue weighted by molar-refractivity contribution is 0.263. The summed E-state index contributed by atoms with van der Waals surface area (Å²) >= 11 is 0. The molecule has 5 heteroatoms. The van der Waals surface area contributed by atoms with Gasteiger partial charge in [0, 0.05) is 17.1 Å². The van der Waals surface area contributed by atoms with E-state index in [1.807, 2.05) is 30.3 Å². The SMILES string of the molecule is c1ccc(-c2ccc(N(c3ccc(OCC4CO4)cc3)c3ccc(OCC4CO4)cc3)cc2)cc1. The van der Waals surface area contributed by atoms with Crippen LogP contribution in [0.25, 0.3) is 11.1 Å². The molecule has 4 aromatic carbocycles. The molecule has 0 radical (unpaired) electrons. The average Bonchev–Trinajstić information content (AvgIpc) is 3.85. The monoisotopic (exact) mass is 465 g/mol. The van der Waals surface area contributed by atoms with Crippen LogP contribution in [-0.4, -0.2) is 38.6 Å². The van der Waals surface area contributed by atoms with E-state index in [-0.39, 0.29) is 12.2 Å². The van der Waals surface area contributed by atoms with Gasteiger partial charge in [-0.15, -0.1) is 0 Å². The van der Waals surface area contributed by atoms with Gasteiger partial charge in [-0.25, -0.2) is 0 Å². The van der Waals surface area contributed by atoms with E-state index in [1.165, 1.54) is 11.1 Å². The molecule has 2 aliphatic heterocycles. The van der Waals surface area contributed by atoms with E-state index in [2.05, 4.69) is 77.7 Å². The molecule has 0 saturated carbocycles. The number of benzene rings is 4. The third-order valence-corrected chi connectivity index (χ3v) is 6.10. The molecule has 0 aliphatic carbocycles. The second-order valence-corrected chi connectivity index (χ2v) is 8.77. The van der Waals surface area contributed by atoms with E-state index in [0.29, 0.717) is 13.2 Å². The molecule has 4 aromatic rings. The Kier molecular flexibility index (Phi) is 6.09. The van der Waals surface area contributed by atoms with Crippen LogP contribution in [0.5, 0.6) is 11.5 Å². The molecular weight excluding hydrogens is 438 g/mol. The highest BCUT2D eigenvalue weighted by Crippen LogP contribution is 2.37. The minimum atomic E-state index is 0.238. The Morgan fingerprint density at radius 3 is 1.37 bits per heavy atom. The smallest absolute Gasteiger partial charge is 0.119 e. The Labute approximate surface area is 205 Å². The van der Waals surface area contributed by atoms with Gasteiger partial charge in [-0.1, -0.05) is 42.5 Å². The summed E-state index contributed by atoms with van der Waals surface area (Å²) in [7, 11) is 0. The standard InChI is InChI=1S/C30H27NO4/c1-2-4-22(5-3-1)23-6-8-24(9-7-23)31(25-10-14-27(15-11-25)32-18-29-20-34-29)26-12-16-28(17-13-26)33-19-30-21-35-30/h1-17,29-30H,18-21H2. The molecule has 2 unspecified atom stereocenters. The molecule has 0 aromatic heterocycles. The lowest BCUT2D eigenvalue weighted by Crippen LogP contribution is -2.10. The van der Waals surface area contributed by atoms with Gasteiger partial charge in [0.05, 0.1) is 13.2 Å². The van der Waals surface area contributed by atoms with Crippen LogP contribution in [-0.2, 0) is 9.47 Å². The first-order valence-electron chi connectivity index (χ1n) is 12.0. The van der Waals surface area contributed by atoms with Gasteiger partial charge in [0.25, 0.3) is 0 Å². The maximum Gasteiger partial charge on any atom is 0.119 e. The number of hydrogen-bond acceptors (Lipinski definition) is 5. The topological polar surface area (TPSA) is 46.8 Å². The van der Waals surface area contributed by atoms with Gasteiger partial charge in [0.1, 0.15) is 36.9 Å². The summed E-state index contributed by atoms with van der Waals surface area (Å²) in [5.41, 5.74) is 5.56. The summed E-state index contributed by atoms with van der Waals surface area (Å²) < 4.78 is 22.2. The lowest BCUT2D eigenvalue weighted by atomic mass is 10.0. The lowest BCUT2D eigenvalue weighted by Gasteiger charge is -2.26. The highest BCUT2D eigenvalue weighted by atomic mass is 16.6. The zero-order chi connectivity index (χ0) is 23.5. The van der Waals surface area contributed by atoms with E-state index >= 15 is 0 Å². The Hall–Kier alpha value is -3.80. The predicted octanol–water partition coefficient (Wildman–Crippen LogP) is 6.38. The van der Waals surface area contributed by atoms with Gasteiger partial charge >= 0.3 is 0 Å². The third-order valence-electron chi connectivity index (χ3n) is 6.10. The Balaban J connectivity index is 1.27. The molecule has 0 N–H and O–H groups in total. The fourth-order valence-electron chi connectivity index (χ4n) is 3.97. The van der Waals surface area contributed by atoms with Crippen LogP contribution >= 0.6 is 0 Å². The molecule has 0 spiro atoms. The summed E-state index contributed by atoms with van der Waals surface area (Å²) in [5, 5.41) is 0. The first-order chi connectivity index (χ1) is 17.3. The number of nitrogens with zero attached hydrogens (tertiary/aromatic N) is 1. The van der Waals surface area contributed by atoms with Crippen molar-refractivity contribution >= 4 is 17.1 Å². The molecule has 176 valence electrons. The zero-order valence-electron chi connectivity index (χ0n) is 19.4. The average molecular weight is 466 g/mol. The number of anilines is 3. The number of rotatable bonds is 10. The normalized spacial score (nSPS) is 18.1. The summed E-state index contributed by atoms with van der Waals surface area (Å²) in [6, 6.07) is 35.5. The molecular formula is C30H27NO4. The summed E-state index contributed by atoms with van der Waals surface area (Å²) in [5.74, 6) is 1.68. The molecule has 0 bridgehead atoms. The fraction of sp³-hybridized carbons (Fsp3) is 0.200. The van der Waals surface area contributed by atoms with Crippen molar-refractivity contribution in [1.29, 1.82) is 0 Å². The van der Waals surface area contributed by atoms with Gasteiger partial charge in [0.2, 0.25) is 0 Å². The molecule has 6 rings (SSSR count). The second kappa shape index (κ2) is 9.82. The second-order valence-electron chi connectivity index (χ2n) is 8.77. The Bertz CT molecular complexity index is 1170. The fourth-order valence-corrected chi connectivity index (χ4v) is 3.97. The van der Waals surface area contributed by atoms with Crippen molar-refractivity contribution in [2.24, 2.45) is 0 Å².